The first-order chi connectivity index (χ1) is 12.5. The first kappa shape index (κ1) is 18.5. The van der Waals surface area contributed by atoms with Crippen molar-refractivity contribution in [1.29, 1.82) is 0 Å². The van der Waals surface area contributed by atoms with Crippen LogP contribution in [-0.2, 0) is 16.6 Å². The Balaban J connectivity index is 1.65. The fourth-order valence-corrected chi connectivity index (χ4v) is 3.57. The summed E-state index contributed by atoms with van der Waals surface area (Å²) in [7, 11) is -3.79. The van der Waals surface area contributed by atoms with Crippen LogP contribution in [0.3, 0.4) is 0 Å². The quantitative estimate of drug-likeness (QED) is 0.726. The Morgan fingerprint density at radius 3 is 2.85 bits per heavy atom. The van der Waals surface area contributed by atoms with Crippen molar-refractivity contribution in [3.8, 4) is 0 Å². The van der Waals surface area contributed by atoms with E-state index in [0.29, 0.717) is 29.7 Å². The molecule has 0 radical (unpaired) electrons. The topological polar surface area (TPSA) is 114 Å². The number of sulfonamides is 1. The maximum Gasteiger partial charge on any atom is 0.251 e. The highest BCUT2D eigenvalue weighted by atomic mass is 32.2. The van der Waals surface area contributed by atoms with E-state index in [1.807, 2.05) is 6.92 Å². The van der Waals surface area contributed by atoms with Crippen LogP contribution < -0.4 is 10.0 Å². The lowest BCUT2D eigenvalue weighted by molar-refractivity contribution is 0.0953. The minimum absolute atomic E-state index is 0.0179. The first-order valence-corrected chi connectivity index (χ1v) is 10.2. The molecule has 0 saturated heterocycles. The molecule has 8 nitrogen and oxygen atoms in total. The summed E-state index contributed by atoms with van der Waals surface area (Å²) >= 11 is 0. The predicted octanol–water partition coefficient (Wildman–Crippen LogP) is 1.96. The van der Waals surface area contributed by atoms with E-state index in [0.717, 1.165) is 25.7 Å². The lowest BCUT2D eigenvalue weighted by Crippen LogP contribution is -2.26. The van der Waals surface area contributed by atoms with Gasteiger partial charge < -0.3 is 9.84 Å². The van der Waals surface area contributed by atoms with Crippen molar-refractivity contribution >= 4 is 15.9 Å². The van der Waals surface area contributed by atoms with Crippen molar-refractivity contribution in [3.05, 3.63) is 41.5 Å². The Hall–Kier alpha value is -2.26. The summed E-state index contributed by atoms with van der Waals surface area (Å²) in [6.07, 6.45) is 4.01. The molecule has 1 fully saturated rings. The third-order valence-electron chi connectivity index (χ3n) is 4.30. The average Bonchev–Trinajstić information content (AvgIpc) is 3.05. The molecule has 9 heteroatoms. The zero-order valence-corrected chi connectivity index (χ0v) is 15.4. The van der Waals surface area contributed by atoms with Gasteiger partial charge in [-0.05, 0) is 37.5 Å². The number of amides is 1. The minimum Gasteiger partial charge on any atom is -0.352 e. The first-order valence-electron chi connectivity index (χ1n) is 8.70. The highest BCUT2D eigenvalue weighted by molar-refractivity contribution is 7.89. The molecule has 1 aromatic heterocycles. The number of hydrogen-bond acceptors (Lipinski definition) is 6. The number of hydrogen-bond donors (Lipinski definition) is 2. The Bertz CT molecular complexity index is 874. The minimum atomic E-state index is -3.79. The number of rotatable bonds is 8. The van der Waals surface area contributed by atoms with Crippen LogP contribution in [-0.4, -0.2) is 31.0 Å². The van der Waals surface area contributed by atoms with Gasteiger partial charge in [0.2, 0.25) is 15.9 Å². The van der Waals surface area contributed by atoms with Crippen LogP contribution in [0.25, 0.3) is 0 Å². The van der Waals surface area contributed by atoms with Crippen LogP contribution in [0.15, 0.2) is 33.7 Å². The second kappa shape index (κ2) is 7.96. The highest BCUT2D eigenvalue weighted by Crippen LogP contribution is 2.35. The van der Waals surface area contributed by atoms with Gasteiger partial charge in [-0.15, -0.1) is 0 Å². The third-order valence-corrected chi connectivity index (χ3v) is 5.70. The summed E-state index contributed by atoms with van der Waals surface area (Å²) in [5, 5.41) is 6.54. The lowest BCUT2D eigenvalue weighted by atomic mass is 9.85. The zero-order valence-electron chi connectivity index (χ0n) is 14.6. The molecule has 0 spiro atoms. The smallest absolute Gasteiger partial charge is 0.251 e. The van der Waals surface area contributed by atoms with Gasteiger partial charge in [0.25, 0.3) is 5.91 Å². The van der Waals surface area contributed by atoms with Gasteiger partial charge >= 0.3 is 0 Å². The second-order valence-electron chi connectivity index (χ2n) is 6.28. The van der Waals surface area contributed by atoms with Gasteiger partial charge in [-0.25, -0.2) is 13.1 Å². The van der Waals surface area contributed by atoms with Crippen LogP contribution in [0.5, 0.6) is 0 Å². The maximum atomic E-state index is 12.5. The highest BCUT2D eigenvalue weighted by Gasteiger charge is 2.25. The number of aromatic nitrogens is 2. The maximum absolute atomic E-state index is 12.5. The number of nitrogens with zero attached hydrogens (tertiary/aromatic N) is 2. The van der Waals surface area contributed by atoms with Gasteiger partial charge in [-0.3, -0.25) is 4.79 Å². The Morgan fingerprint density at radius 2 is 2.15 bits per heavy atom. The molecular weight excluding hydrogens is 356 g/mol. The summed E-state index contributed by atoms with van der Waals surface area (Å²) in [6, 6.07) is 5.91. The van der Waals surface area contributed by atoms with Crippen molar-refractivity contribution in [2.24, 2.45) is 0 Å². The van der Waals surface area contributed by atoms with E-state index in [1.165, 1.54) is 12.1 Å². The molecule has 1 aromatic carbocycles. The summed E-state index contributed by atoms with van der Waals surface area (Å²) in [6.45, 7) is 2.42. The van der Waals surface area contributed by atoms with E-state index in [1.54, 1.807) is 12.1 Å². The molecule has 0 atom stereocenters. The van der Waals surface area contributed by atoms with Crippen LogP contribution in [0.1, 0.15) is 60.6 Å². The number of benzene rings is 1. The van der Waals surface area contributed by atoms with Crippen molar-refractivity contribution < 1.29 is 17.7 Å². The third kappa shape index (κ3) is 4.28. The van der Waals surface area contributed by atoms with Crippen molar-refractivity contribution in [2.75, 3.05) is 6.54 Å². The van der Waals surface area contributed by atoms with E-state index < -0.39 is 10.0 Å². The van der Waals surface area contributed by atoms with E-state index in [-0.39, 0.29) is 17.3 Å². The molecule has 1 amide bonds. The number of carbonyl (C=O) groups excluding carboxylic acids is 1. The van der Waals surface area contributed by atoms with Crippen LogP contribution in [0.2, 0.25) is 0 Å². The Kier molecular flexibility index (Phi) is 5.67. The molecule has 0 aliphatic heterocycles. The largest absolute Gasteiger partial charge is 0.352 e. The van der Waals surface area contributed by atoms with Crippen molar-refractivity contribution in [2.45, 2.75) is 50.0 Å². The molecule has 1 aliphatic rings. The molecule has 2 N–H and O–H groups in total. The van der Waals surface area contributed by atoms with Crippen molar-refractivity contribution in [3.63, 3.8) is 0 Å². The van der Waals surface area contributed by atoms with Gasteiger partial charge in [0.05, 0.1) is 11.4 Å². The number of nitrogens with one attached hydrogen (secondary N) is 2. The van der Waals surface area contributed by atoms with Crippen LogP contribution in [0, 0.1) is 0 Å². The molecule has 1 heterocycles. The van der Waals surface area contributed by atoms with Crippen LogP contribution >= 0.6 is 0 Å². The molecule has 1 saturated carbocycles. The SMILES string of the molecule is CCCNC(=O)c1cccc(S(=O)(=O)NCc2noc(C3CCC3)n2)c1. The average molecular weight is 378 g/mol. The summed E-state index contributed by atoms with van der Waals surface area (Å²) in [5.74, 6) is 0.866. The second-order valence-corrected chi connectivity index (χ2v) is 8.05. The summed E-state index contributed by atoms with van der Waals surface area (Å²) in [5.41, 5.74) is 0.299. The van der Waals surface area contributed by atoms with Gasteiger partial charge in [0.1, 0.15) is 0 Å². The fourth-order valence-electron chi connectivity index (χ4n) is 2.55. The summed E-state index contributed by atoms with van der Waals surface area (Å²) in [4.78, 5) is 16.3. The van der Waals surface area contributed by atoms with Crippen molar-refractivity contribution in [1.82, 2.24) is 20.2 Å². The Morgan fingerprint density at radius 1 is 1.35 bits per heavy atom. The zero-order chi connectivity index (χ0) is 18.6. The predicted molar refractivity (Wildman–Crippen MR) is 94.0 cm³/mol. The number of carbonyl (C=O) groups is 1. The van der Waals surface area contributed by atoms with Gasteiger partial charge in [0.15, 0.2) is 5.82 Å². The van der Waals surface area contributed by atoms with E-state index in [9.17, 15) is 13.2 Å². The lowest BCUT2D eigenvalue weighted by Gasteiger charge is -2.20. The standard InChI is InChI=1S/C17H22N4O4S/c1-2-9-18-16(22)13-7-4-8-14(10-13)26(23,24)19-11-15-20-17(25-21-15)12-5-3-6-12/h4,7-8,10,12,19H,2-3,5-6,9,11H2,1H3,(H,18,22). The van der Waals surface area contributed by atoms with Gasteiger partial charge in [-0.1, -0.05) is 24.6 Å². The molecular formula is C17H22N4O4S. The van der Waals surface area contributed by atoms with Gasteiger partial charge in [0, 0.05) is 18.0 Å². The molecule has 140 valence electrons. The monoisotopic (exact) mass is 378 g/mol. The molecule has 26 heavy (non-hydrogen) atoms. The van der Waals surface area contributed by atoms with Gasteiger partial charge in [-0.2, -0.15) is 4.98 Å². The fraction of sp³-hybridized carbons (Fsp3) is 0.471. The van der Waals surface area contributed by atoms with E-state index in [2.05, 4.69) is 20.2 Å². The normalized spacial score (nSPS) is 14.8. The van der Waals surface area contributed by atoms with E-state index >= 15 is 0 Å². The molecule has 0 unspecified atom stereocenters. The van der Waals surface area contributed by atoms with Crippen LogP contribution in [0.4, 0.5) is 0 Å². The Labute approximate surface area is 152 Å². The molecule has 2 aromatic rings. The summed E-state index contributed by atoms with van der Waals surface area (Å²) < 4.78 is 32.6. The molecule has 1 aliphatic carbocycles. The molecule has 0 bridgehead atoms. The van der Waals surface area contributed by atoms with E-state index in [4.69, 9.17) is 4.52 Å². The molecule has 3 rings (SSSR count).